The van der Waals surface area contributed by atoms with E-state index in [-0.39, 0.29) is 32.0 Å². The van der Waals surface area contributed by atoms with Crippen LogP contribution in [0.15, 0.2) is 36.4 Å². The zero-order valence-corrected chi connectivity index (χ0v) is 20.7. The van der Waals surface area contributed by atoms with Crippen LogP contribution < -0.4 is 15.0 Å². The first kappa shape index (κ1) is 30.2. The van der Waals surface area contributed by atoms with E-state index in [0.717, 1.165) is 23.1 Å². The Morgan fingerprint density at radius 1 is 1.10 bits per heavy atom. The van der Waals surface area contributed by atoms with E-state index in [1.54, 1.807) is 0 Å². The first-order valence-electron chi connectivity index (χ1n) is 11.4. The third kappa shape index (κ3) is 6.82. The lowest BCUT2D eigenvalue weighted by atomic mass is 10.1. The normalized spacial score (nSPS) is 17.8. The number of nitrogens with zero attached hydrogens (tertiary/aromatic N) is 3. The van der Waals surface area contributed by atoms with Gasteiger partial charge in [-0.1, -0.05) is 12.1 Å². The lowest BCUT2D eigenvalue weighted by Crippen LogP contribution is -2.57. The molecular formula is C23H22ClF7N4O4. The van der Waals surface area contributed by atoms with Crippen LogP contribution in [-0.2, 0) is 11.0 Å². The van der Waals surface area contributed by atoms with Gasteiger partial charge in [-0.3, -0.25) is 14.9 Å². The van der Waals surface area contributed by atoms with Crippen molar-refractivity contribution >= 4 is 29.7 Å². The highest BCUT2D eigenvalue weighted by molar-refractivity contribution is 5.85. The highest BCUT2D eigenvalue weighted by Crippen LogP contribution is 2.48. The topological polar surface area (TPSA) is 88.0 Å². The summed E-state index contributed by atoms with van der Waals surface area (Å²) in [5, 5.41) is 14.6. The monoisotopic (exact) mass is 586 g/mol. The number of amides is 1. The number of anilines is 1. The molecule has 2 aromatic carbocycles. The molecule has 1 amide bonds. The molecule has 214 valence electrons. The number of piperazine rings is 1. The van der Waals surface area contributed by atoms with Gasteiger partial charge in [0.1, 0.15) is 17.0 Å². The summed E-state index contributed by atoms with van der Waals surface area (Å²) in [5.74, 6) is -4.44. The van der Waals surface area contributed by atoms with Gasteiger partial charge < -0.3 is 19.9 Å². The Balaban J connectivity index is 0.00000420. The number of alkyl halides is 6. The van der Waals surface area contributed by atoms with Gasteiger partial charge in [0.15, 0.2) is 11.6 Å². The summed E-state index contributed by atoms with van der Waals surface area (Å²) in [6, 6.07) is 4.61. The maximum atomic E-state index is 14.4. The van der Waals surface area contributed by atoms with Crippen LogP contribution in [-0.4, -0.2) is 60.2 Å². The molecule has 1 heterocycles. The maximum Gasteiger partial charge on any atom is 0.471 e. The summed E-state index contributed by atoms with van der Waals surface area (Å²) in [7, 11) is 0. The summed E-state index contributed by atoms with van der Waals surface area (Å²) in [5.41, 5.74) is -3.30. The number of hydrogen-bond donors (Lipinski definition) is 1. The van der Waals surface area contributed by atoms with E-state index in [1.807, 2.05) is 0 Å². The molecule has 0 bridgehead atoms. The number of rotatable bonds is 7. The first-order chi connectivity index (χ1) is 17.8. The van der Waals surface area contributed by atoms with E-state index in [2.05, 4.69) is 5.32 Å². The van der Waals surface area contributed by atoms with Crippen LogP contribution in [0, 0.1) is 15.9 Å². The van der Waals surface area contributed by atoms with E-state index in [9.17, 15) is 45.6 Å². The number of nitro groups is 1. The second-order valence-electron chi connectivity index (χ2n) is 8.88. The average molecular weight is 587 g/mol. The molecule has 1 saturated heterocycles. The third-order valence-electron chi connectivity index (χ3n) is 6.13. The minimum Gasteiger partial charge on any atom is -0.454 e. The number of halogens is 8. The predicted octanol–water partition coefficient (Wildman–Crippen LogP) is 5.30. The van der Waals surface area contributed by atoms with Crippen LogP contribution in [0.3, 0.4) is 0 Å². The van der Waals surface area contributed by atoms with Gasteiger partial charge in [-0.25, -0.2) is 4.39 Å². The number of carbonyl (C=O) groups is 1. The zero-order chi connectivity index (χ0) is 27.8. The highest BCUT2D eigenvalue weighted by Gasteiger charge is 2.48. The standard InChI is InChI=1S/C23H21F7N4O4.ClH/c24-15-3-1-2-4-17(15)38-18-8-7-16(34(36)37)20(19(18)22(25,26)27)32-10-9-31-13(11-32)12-33(14-5-6-14)21(35)23(28,29)30;/h1-4,7-8,13-14,31H,5-6,9-12H2;1H/t13-;/m1./s1. The molecule has 4 rings (SSSR count). The van der Waals surface area contributed by atoms with Crippen molar-refractivity contribution in [2.45, 2.75) is 37.3 Å². The van der Waals surface area contributed by atoms with Crippen molar-refractivity contribution in [1.82, 2.24) is 10.2 Å². The smallest absolute Gasteiger partial charge is 0.454 e. The second-order valence-corrected chi connectivity index (χ2v) is 8.88. The first-order valence-corrected chi connectivity index (χ1v) is 11.4. The van der Waals surface area contributed by atoms with Crippen molar-refractivity contribution < 1.29 is 45.2 Å². The highest BCUT2D eigenvalue weighted by atomic mass is 35.5. The van der Waals surface area contributed by atoms with Crippen LogP contribution in [0.25, 0.3) is 0 Å². The Morgan fingerprint density at radius 2 is 1.77 bits per heavy atom. The molecular weight excluding hydrogens is 565 g/mol. The molecule has 0 unspecified atom stereocenters. The Kier molecular flexibility index (Phi) is 8.85. The number of hydrogen-bond acceptors (Lipinski definition) is 6. The maximum absolute atomic E-state index is 14.4. The van der Waals surface area contributed by atoms with Gasteiger partial charge in [-0.2, -0.15) is 26.3 Å². The molecule has 1 aliphatic carbocycles. The van der Waals surface area contributed by atoms with Crippen LogP contribution in [0.2, 0.25) is 0 Å². The molecule has 1 saturated carbocycles. The molecule has 2 aromatic rings. The molecule has 1 atom stereocenters. The Bertz CT molecular complexity index is 1220. The van der Waals surface area contributed by atoms with Crippen molar-refractivity contribution in [2.24, 2.45) is 0 Å². The third-order valence-corrected chi connectivity index (χ3v) is 6.13. The van der Waals surface area contributed by atoms with Crippen LogP contribution in [0.5, 0.6) is 11.5 Å². The van der Waals surface area contributed by atoms with Gasteiger partial charge in [-0.15, -0.1) is 12.4 Å². The molecule has 2 aliphatic rings. The predicted molar refractivity (Wildman–Crippen MR) is 127 cm³/mol. The molecule has 8 nitrogen and oxygen atoms in total. The molecule has 1 N–H and O–H groups in total. The number of ether oxygens (including phenoxy) is 1. The SMILES string of the molecule is Cl.O=C(N(C[C@H]1CN(c2c([N+](=O)[O-])ccc(Oc3ccccc3F)c2C(F)(F)F)CCN1)C1CC1)C(F)(F)F. The minimum absolute atomic E-state index is 0. The van der Waals surface area contributed by atoms with Crippen LogP contribution >= 0.6 is 12.4 Å². The number of para-hydroxylation sites is 1. The summed E-state index contributed by atoms with van der Waals surface area (Å²) in [6.45, 7) is -1.03. The van der Waals surface area contributed by atoms with Gasteiger partial charge in [0, 0.05) is 44.3 Å². The molecule has 39 heavy (non-hydrogen) atoms. The second kappa shape index (κ2) is 11.4. The Labute approximate surface area is 223 Å². The quantitative estimate of drug-likeness (QED) is 0.269. The van der Waals surface area contributed by atoms with Crippen LogP contribution in [0.1, 0.15) is 18.4 Å². The fourth-order valence-electron chi connectivity index (χ4n) is 4.37. The Hall–Kier alpha value is -3.33. The number of carbonyl (C=O) groups excluding carboxylic acids is 1. The van der Waals surface area contributed by atoms with Gasteiger partial charge in [-0.05, 0) is 31.0 Å². The van der Waals surface area contributed by atoms with Crippen molar-refractivity contribution in [2.75, 3.05) is 31.1 Å². The average Bonchev–Trinajstić information content (AvgIpc) is 3.67. The van der Waals surface area contributed by atoms with Crippen molar-refractivity contribution in [3.8, 4) is 11.5 Å². The van der Waals surface area contributed by atoms with Gasteiger partial charge in [0.05, 0.1) is 4.92 Å². The fourth-order valence-corrected chi connectivity index (χ4v) is 4.37. The largest absolute Gasteiger partial charge is 0.471 e. The molecule has 0 aromatic heterocycles. The zero-order valence-electron chi connectivity index (χ0n) is 19.9. The van der Waals surface area contributed by atoms with E-state index >= 15 is 0 Å². The molecule has 0 radical (unpaired) electrons. The van der Waals surface area contributed by atoms with Gasteiger partial charge in [0.25, 0.3) is 5.69 Å². The summed E-state index contributed by atoms with van der Waals surface area (Å²) < 4.78 is 102. The fraction of sp³-hybridized carbons (Fsp3) is 0.435. The summed E-state index contributed by atoms with van der Waals surface area (Å²) >= 11 is 0. The van der Waals surface area contributed by atoms with Crippen LogP contribution in [0.4, 0.5) is 42.1 Å². The molecule has 2 fully saturated rings. The lowest BCUT2D eigenvalue weighted by Gasteiger charge is -2.38. The van der Waals surface area contributed by atoms with Crippen molar-refractivity contribution in [3.63, 3.8) is 0 Å². The Morgan fingerprint density at radius 3 is 2.33 bits per heavy atom. The summed E-state index contributed by atoms with van der Waals surface area (Å²) in [6.07, 6.45) is -9.60. The number of nitro benzene ring substituents is 1. The van der Waals surface area contributed by atoms with Gasteiger partial charge >= 0.3 is 18.3 Å². The van der Waals surface area contributed by atoms with Crippen molar-refractivity contribution in [1.29, 1.82) is 0 Å². The van der Waals surface area contributed by atoms with E-state index < -0.39 is 76.1 Å². The number of nitrogens with one attached hydrogen (secondary N) is 1. The van der Waals surface area contributed by atoms with E-state index in [0.29, 0.717) is 23.8 Å². The van der Waals surface area contributed by atoms with E-state index in [1.165, 1.54) is 12.1 Å². The minimum atomic E-state index is -5.19. The molecule has 1 aliphatic heterocycles. The lowest BCUT2D eigenvalue weighted by molar-refractivity contribution is -0.384. The molecule has 16 heteroatoms. The number of benzene rings is 2. The summed E-state index contributed by atoms with van der Waals surface area (Å²) in [4.78, 5) is 24.3. The van der Waals surface area contributed by atoms with Crippen molar-refractivity contribution in [3.05, 3.63) is 57.9 Å². The molecule has 0 spiro atoms. The van der Waals surface area contributed by atoms with Gasteiger partial charge in [0.2, 0.25) is 0 Å². The van der Waals surface area contributed by atoms with E-state index in [4.69, 9.17) is 4.74 Å².